The summed E-state index contributed by atoms with van der Waals surface area (Å²) in [4.78, 5) is 24.1. The number of benzene rings is 2. The third kappa shape index (κ3) is 5.23. The van der Waals surface area contributed by atoms with E-state index in [9.17, 15) is 9.59 Å². The number of hydrogen-bond donors (Lipinski definition) is 2. The summed E-state index contributed by atoms with van der Waals surface area (Å²) in [6.45, 7) is 4.57. The zero-order valence-corrected chi connectivity index (χ0v) is 14.2. The lowest BCUT2D eigenvalue weighted by Crippen LogP contribution is -2.32. The van der Waals surface area contributed by atoms with Crippen molar-refractivity contribution in [1.29, 1.82) is 0 Å². The van der Waals surface area contributed by atoms with Crippen molar-refractivity contribution in [3.05, 3.63) is 71.3 Å². The van der Waals surface area contributed by atoms with E-state index in [1.54, 1.807) is 24.3 Å². The van der Waals surface area contributed by atoms with Gasteiger partial charge in [-0.05, 0) is 49.6 Å². The van der Waals surface area contributed by atoms with Crippen LogP contribution in [0, 0.1) is 0 Å². The Balaban J connectivity index is 1.85. The average Bonchev–Trinajstić information content (AvgIpc) is 2.62. The van der Waals surface area contributed by atoms with Crippen LogP contribution in [0.4, 0.5) is 0 Å². The van der Waals surface area contributed by atoms with Crippen LogP contribution in [-0.4, -0.2) is 24.4 Å². The first kappa shape index (κ1) is 17.7. The highest BCUT2D eigenvalue weighted by molar-refractivity contribution is 5.97. The summed E-state index contributed by atoms with van der Waals surface area (Å²) in [5.74, 6) is -0.236. The average molecular weight is 324 g/mol. The second kappa shape index (κ2) is 8.87. The first-order valence-electron chi connectivity index (χ1n) is 8.33. The fraction of sp³-hybridized carbons (Fsp3) is 0.300. The molecule has 1 unspecified atom stereocenters. The SMILES string of the molecule is CCC(C)NC(=O)c1ccc(C(=O)NCCc2ccccc2)cc1. The summed E-state index contributed by atoms with van der Waals surface area (Å²) in [7, 11) is 0. The van der Waals surface area contributed by atoms with Gasteiger partial charge in [0.05, 0.1) is 0 Å². The maximum absolute atomic E-state index is 12.1. The molecule has 0 aliphatic carbocycles. The van der Waals surface area contributed by atoms with E-state index in [2.05, 4.69) is 10.6 Å². The minimum absolute atomic E-state index is 0.111. The highest BCUT2D eigenvalue weighted by atomic mass is 16.2. The third-order valence-corrected chi connectivity index (χ3v) is 3.94. The van der Waals surface area contributed by atoms with Gasteiger partial charge in [-0.2, -0.15) is 0 Å². The van der Waals surface area contributed by atoms with E-state index >= 15 is 0 Å². The Hall–Kier alpha value is -2.62. The molecule has 0 aliphatic rings. The third-order valence-electron chi connectivity index (χ3n) is 3.94. The highest BCUT2D eigenvalue weighted by Gasteiger charge is 2.10. The van der Waals surface area contributed by atoms with Gasteiger partial charge in [-0.15, -0.1) is 0 Å². The van der Waals surface area contributed by atoms with E-state index in [4.69, 9.17) is 0 Å². The fourth-order valence-electron chi connectivity index (χ4n) is 2.25. The number of carbonyl (C=O) groups is 2. The standard InChI is InChI=1S/C20H24N2O2/c1-3-15(2)22-20(24)18-11-9-17(10-12-18)19(23)21-14-13-16-7-5-4-6-8-16/h4-12,15H,3,13-14H2,1-2H3,(H,21,23)(H,22,24). The zero-order chi connectivity index (χ0) is 17.4. The molecule has 0 spiro atoms. The molecule has 0 bridgehead atoms. The predicted molar refractivity (Wildman–Crippen MR) is 96.1 cm³/mol. The van der Waals surface area contributed by atoms with E-state index < -0.39 is 0 Å². The van der Waals surface area contributed by atoms with E-state index in [0.29, 0.717) is 17.7 Å². The second-order valence-electron chi connectivity index (χ2n) is 5.85. The Morgan fingerprint density at radius 2 is 1.50 bits per heavy atom. The van der Waals surface area contributed by atoms with Crippen LogP contribution in [-0.2, 0) is 6.42 Å². The largest absolute Gasteiger partial charge is 0.352 e. The van der Waals surface area contributed by atoms with E-state index in [1.165, 1.54) is 5.56 Å². The van der Waals surface area contributed by atoms with Gasteiger partial charge in [-0.25, -0.2) is 0 Å². The van der Waals surface area contributed by atoms with Gasteiger partial charge in [0.15, 0.2) is 0 Å². The summed E-state index contributed by atoms with van der Waals surface area (Å²) < 4.78 is 0. The number of amides is 2. The second-order valence-corrected chi connectivity index (χ2v) is 5.85. The van der Waals surface area contributed by atoms with Crippen LogP contribution in [0.5, 0.6) is 0 Å². The predicted octanol–water partition coefficient (Wildman–Crippen LogP) is 3.19. The van der Waals surface area contributed by atoms with E-state index in [0.717, 1.165) is 12.8 Å². The summed E-state index contributed by atoms with van der Waals surface area (Å²) in [6, 6.07) is 16.9. The van der Waals surface area contributed by atoms with Crippen LogP contribution >= 0.6 is 0 Å². The van der Waals surface area contributed by atoms with Crippen LogP contribution in [0.15, 0.2) is 54.6 Å². The molecule has 2 aromatic rings. The Morgan fingerprint density at radius 1 is 0.917 bits per heavy atom. The van der Waals surface area contributed by atoms with Gasteiger partial charge in [0, 0.05) is 23.7 Å². The normalized spacial score (nSPS) is 11.6. The maximum Gasteiger partial charge on any atom is 0.251 e. The van der Waals surface area contributed by atoms with E-state index in [1.807, 2.05) is 44.2 Å². The lowest BCUT2D eigenvalue weighted by Gasteiger charge is -2.11. The number of hydrogen-bond acceptors (Lipinski definition) is 2. The topological polar surface area (TPSA) is 58.2 Å². The van der Waals surface area contributed by atoms with Gasteiger partial charge >= 0.3 is 0 Å². The summed E-state index contributed by atoms with van der Waals surface area (Å²) in [5.41, 5.74) is 2.31. The lowest BCUT2D eigenvalue weighted by molar-refractivity contribution is 0.0932. The molecule has 24 heavy (non-hydrogen) atoms. The Labute approximate surface area is 143 Å². The minimum Gasteiger partial charge on any atom is -0.352 e. The van der Waals surface area contributed by atoms with Gasteiger partial charge in [0.25, 0.3) is 11.8 Å². The van der Waals surface area contributed by atoms with Crippen LogP contribution in [0.1, 0.15) is 46.5 Å². The quantitative estimate of drug-likeness (QED) is 0.822. The lowest BCUT2D eigenvalue weighted by atomic mass is 10.1. The number of rotatable bonds is 7. The summed E-state index contributed by atoms with van der Waals surface area (Å²) in [5, 5.41) is 5.81. The van der Waals surface area contributed by atoms with Crippen molar-refractivity contribution < 1.29 is 9.59 Å². The molecule has 0 saturated carbocycles. The number of carbonyl (C=O) groups excluding carboxylic acids is 2. The van der Waals surface area contributed by atoms with Crippen LogP contribution in [0.2, 0.25) is 0 Å². The van der Waals surface area contributed by atoms with Gasteiger partial charge in [-0.3, -0.25) is 9.59 Å². The molecule has 2 amide bonds. The van der Waals surface area contributed by atoms with Crippen molar-refractivity contribution in [2.75, 3.05) is 6.54 Å². The smallest absolute Gasteiger partial charge is 0.251 e. The molecule has 126 valence electrons. The minimum atomic E-state index is -0.125. The molecule has 0 aromatic heterocycles. The highest BCUT2D eigenvalue weighted by Crippen LogP contribution is 2.06. The zero-order valence-electron chi connectivity index (χ0n) is 14.2. The molecular formula is C20H24N2O2. The van der Waals surface area contributed by atoms with Gasteiger partial charge in [0.1, 0.15) is 0 Å². The monoisotopic (exact) mass is 324 g/mol. The van der Waals surface area contributed by atoms with Crippen molar-refractivity contribution >= 4 is 11.8 Å². The van der Waals surface area contributed by atoms with Crippen molar-refractivity contribution in [3.8, 4) is 0 Å². The van der Waals surface area contributed by atoms with Gasteiger partial charge < -0.3 is 10.6 Å². The molecule has 0 fully saturated rings. The van der Waals surface area contributed by atoms with Crippen molar-refractivity contribution in [1.82, 2.24) is 10.6 Å². The number of nitrogens with one attached hydrogen (secondary N) is 2. The fourth-order valence-corrected chi connectivity index (χ4v) is 2.25. The molecule has 4 heteroatoms. The first-order chi connectivity index (χ1) is 11.6. The van der Waals surface area contributed by atoms with E-state index in [-0.39, 0.29) is 17.9 Å². The summed E-state index contributed by atoms with van der Waals surface area (Å²) in [6.07, 6.45) is 1.68. The molecular weight excluding hydrogens is 300 g/mol. The molecule has 0 aliphatic heterocycles. The molecule has 0 radical (unpaired) electrons. The van der Waals surface area contributed by atoms with Crippen molar-refractivity contribution in [2.45, 2.75) is 32.7 Å². The molecule has 0 heterocycles. The van der Waals surface area contributed by atoms with Gasteiger partial charge in [0.2, 0.25) is 0 Å². The molecule has 4 nitrogen and oxygen atoms in total. The maximum atomic E-state index is 12.1. The molecule has 0 saturated heterocycles. The first-order valence-corrected chi connectivity index (χ1v) is 8.33. The molecule has 1 atom stereocenters. The summed E-state index contributed by atoms with van der Waals surface area (Å²) >= 11 is 0. The van der Waals surface area contributed by atoms with Crippen LogP contribution in [0.3, 0.4) is 0 Å². The van der Waals surface area contributed by atoms with Crippen LogP contribution in [0.25, 0.3) is 0 Å². The Kier molecular flexibility index (Phi) is 6.55. The van der Waals surface area contributed by atoms with Crippen molar-refractivity contribution in [3.63, 3.8) is 0 Å². The molecule has 2 rings (SSSR count). The Morgan fingerprint density at radius 3 is 2.08 bits per heavy atom. The molecule has 2 aromatic carbocycles. The van der Waals surface area contributed by atoms with Crippen molar-refractivity contribution in [2.24, 2.45) is 0 Å². The molecule has 2 N–H and O–H groups in total. The van der Waals surface area contributed by atoms with Crippen LogP contribution < -0.4 is 10.6 Å². The van der Waals surface area contributed by atoms with Gasteiger partial charge in [-0.1, -0.05) is 37.3 Å². The Bertz CT molecular complexity index is 666.